The van der Waals surface area contributed by atoms with E-state index < -0.39 is 22.2 Å². The lowest BCUT2D eigenvalue weighted by molar-refractivity contribution is 0.482. The monoisotopic (exact) mass is 582 g/mol. The summed E-state index contributed by atoms with van der Waals surface area (Å²) in [5, 5.41) is 0.190. The van der Waals surface area contributed by atoms with Gasteiger partial charge in [0.2, 0.25) is 0 Å². The molecular formula is C34H22N4O6. The van der Waals surface area contributed by atoms with Gasteiger partial charge in [0.15, 0.2) is 0 Å². The maximum atomic E-state index is 13.4. The van der Waals surface area contributed by atoms with Crippen molar-refractivity contribution in [3.63, 3.8) is 0 Å². The Morgan fingerprint density at radius 3 is 0.909 bits per heavy atom. The fourth-order valence-electron chi connectivity index (χ4n) is 5.11. The van der Waals surface area contributed by atoms with E-state index in [1.54, 1.807) is 97.1 Å². The Kier molecular flexibility index (Phi) is 6.10. The summed E-state index contributed by atoms with van der Waals surface area (Å²) in [6.07, 6.45) is 0. The molecule has 10 nitrogen and oxygen atoms in total. The zero-order valence-corrected chi connectivity index (χ0v) is 22.9. The first-order chi connectivity index (χ1) is 21.3. The van der Waals surface area contributed by atoms with Crippen molar-refractivity contribution in [2.45, 2.75) is 0 Å². The van der Waals surface area contributed by atoms with Crippen LogP contribution in [0.1, 0.15) is 0 Å². The molecule has 0 radical (unpaired) electrons. The van der Waals surface area contributed by atoms with Crippen molar-refractivity contribution in [3.05, 3.63) is 151 Å². The van der Waals surface area contributed by atoms with E-state index in [2.05, 4.69) is 0 Å². The molecule has 0 aliphatic heterocycles. The van der Waals surface area contributed by atoms with E-state index in [1.165, 1.54) is 12.1 Å². The summed E-state index contributed by atoms with van der Waals surface area (Å²) in [5.74, 6) is 2.14. The zero-order chi connectivity index (χ0) is 30.5. The number of nitrogens with zero attached hydrogens (tertiary/aromatic N) is 2. The molecule has 0 aliphatic carbocycles. The smallest absolute Gasteiger partial charge is 0.266 e. The Bertz CT molecular complexity index is 2150. The van der Waals surface area contributed by atoms with Crippen LogP contribution in [-0.4, -0.2) is 9.13 Å². The quantitative estimate of drug-likeness (QED) is 0.270. The van der Waals surface area contributed by atoms with Crippen LogP contribution in [0.2, 0.25) is 0 Å². The largest absolute Gasteiger partial charge is 0.457 e. The number of ether oxygens (including phenoxy) is 2. The Balaban J connectivity index is 1.23. The summed E-state index contributed by atoms with van der Waals surface area (Å²) in [6.45, 7) is 0. The standard InChI is InChI=1S/C34H22N4O6/c35-19-1-9-23(10-2-19)43-25-13-5-21(6-14-25)37-31(39)27-17-29-30(18-28(27)32(37)40)34(42)38(33(29)41)22-7-15-26(16-8-22)44-24-11-3-20(36)4-12-24/h1-18H,35-36H2. The van der Waals surface area contributed by atoms with Crippen LogP contribution in [0, 0.1) is 0 Å². The van der Waals surface area contributed by atoms with Crippen molar-refractivity contribution in [1.29, 1.82) is 0 Å². The van der Waals surface area contributed by atoms with Crippen LogP contribution in [0.4, 0.5) is 11.4 Å². The minimum Gasteiger partial charge on any atom is -0.457 e. The first-order valence-corrected chi connectivity index (χ1v) is 13.5. The Morgan fingerprint density at radius 1 is 0.386 bits per heavy atom. The van der Waals surface area contributed by atoms with Crippen molar-refractivity contribution < 1.29 is 9.47 Å². The minimum absolute atomic E-state index is 0.0474. The van der Waals surface area contributed by atoms with E-state index in [-0.39, 0.29) is 21.5 Å². The van der Waals surface area contributed by atoms with Gasteiger partial charge in [-0.25, -0.2) is 9.13 Å². The number of benzene rings is 5. The summed E-state index contributed by atoms with van der Waals surface area (Å²) in [5.41, 5.74) is 10.9. The van der Waals surface area contributed by atoms with Crippen molar-refractivity contribution in [3.8, 4) is 34.4 Å². The SMILES string of the molecule is Nc1ccc(Oc2ccc(-n3c(=O)c4cc5c(=O)n(-c6ccc(Oc7ccc(N)cc7)cc6)c(=O)c5cc4c3=O)cc2)cc1. The highest BCUT2D eigenvalue weighted by atomic mass is 16.5. The minimum atomic E-state index is -0.595. The van der Waals surface area contributed by atoms with Gasteiger partial charge in [0.05, 0.1) is 32.9 Å². The van der Waals surface area contributed by atoms with Gasteiger partial charge in [0, 0.05) is 11.4 Å². The summed E-state index contributed by atoms with van der Waals surface area (Å²) in [7, 11) is 0. The van der Waals surface area contributed by atoms with Crippen LogP contribution < -0.4 is 43.2 Å². The number of nitrogens with two attached hydrogens (primary N) is 2. The van der Waals surface area contributed by atoms with Crippen molar-refractivity contribution in [2.75, 3.05) is 11.5 Å². The molecule has 0 saturated heterocycles. The van der Waals surface area contributed by atoms with E-state index in [0.29, 0.717) is 45.7 Å². The lowest BCUT2D eigenvalue weighted by Crippen LogP contribution is -2.24. The Labute approximate surface area is 247 Å². The number of rotatable bonds is 6. The summed E-state index contributed by atoms with van der Waals surface area (Å²) < 4.78 is 13.6. The predicted molar refractivity (Wildman–Crippen MR) is 169 cm³/mol. The number of hydrogen-bond donors (Lipinski definition) is 2. The molecule has 44 heavy (non-hydrogen) atoms. The number of fused-ring (bicyclic) bond motifs is 2. The van der Waals surface area contributed by atoms with E-state index >= 15 is 0 Å². The number of aromatic nitrogens is 2. The predicted octanol–water partition coefficient (Wildman–Crippen LogP) is 4.64. The normalized spacial score (nSPS) is 11.3. The fourth-order valence-corrected chi connectivity index (χ4v) is 5.11. The second-order valence-corrected chi connectivity index (χ2v) is 10.2. The van der Waals surface area contributed by atoms with Gasteiger partial charge in [-0.1, -0.05) is 0 Å². The molecule has 0 atom stereocenters. The molecule has 0 amide bonds. The number of hydrogen-bond acceptors (Lipinski definition) is 8. The highest BCUT2D eigenvalue weighted by molar-refractivity contribution is 5.98. The van der Waals surface area contributed by atoms with Gasteiger partial charge in [0.25, 0.3) is 22.2 Å². The first kappa shape index (κ1) is 26.5. The molecule has 2 heterocycles. The maximum absolute atomic E-state index is 13.4. The molecule has 7 rings (SSSR count). The van der Waals surface area contributed by atoms with Gasteiger partial charge in [-0.3, -0.25) is 19.2 Å². The van der Waals surface area contributed by atoms with E-state index in [1.807, 2.05) is 0 Å². The van der Waals surface area contributed by atoms with Crippen LogP contribution in [0.5, 0.6) is 23.0 Å². The van der Waals surface area contributed by atoms with Gasteiger partial charge in [-0.15, -0.1) is 0 Å². The highest BCUT2D eigenvalue weighted by Gasteiger charge is 2.21. The molecule has 214 valence electrons. The highest BCUT2D eigenvalue weighted by Crippen LogP contribution is 2.25. The van der Waals surface area contributed by atoms with E-state index in [4.69, 9.17) is 20.9 Å². The zero-order valence-electron chi connectivity index (χ0n) is 22.9. The third kappa shape index (κ3) is 4.47. The molecular weight excluding hydrogens is 560 g/mol. The lowest BCUT2D eigenvalue weighted by Gasteiger charge is -2.07. The van der Waals surface area contributed by atoms with Gasteiger partial charge in [-0.05, 0) is 109 Å². The molecule has 4 N–H and O–H groups in total. The Morgan fingerprint density at radius 2 is 0.636 bits per heavy atom. The molecule has 10 heteroatoms. The van der Waals surface area contributed by atoms with Crippen molar-refractivity contribution in [1.82, 2.24) is 9.13 Å². The molecule has 0 unspecified atom stereocenters. The average Bonchev–Trinajstić information content (AvgIpc) is 3.43. The first-order valence-electron chi connectivity index (χ1n) is 13.5. The second kappa shape index (κ2) is 10.1. The molecule has 5 aromatic carbocycles. The third-order valence-electron chi connectivity index (χ3n) is 7.31. The summed E-state index contributed by atoms with van der Waals surface area (Å²) in [6, 6.07) is 29.3. The molecule has 7 aromatic rings. The summed E-state index contributed by atoms with van der Waals surface area (Å²) in [4.78, 5) is 53.6. The number of nitrogen functional groups attached to an aromatic ring is 2. The van der Waals surface area contributed by atoms with E-state index in [0.717, 1.165) is 9.13 Å². The van der Waals surface area contributed by atoms with Crippen LogP contribution in [0.3, 0.4) is 0 Å². The van der Waals surface area contributed by atoms with Crippen LogP contribution in [0.15, 0.2) is 128 Å². The summed E-state index contributed by atoms with van der Waals surface area (Å²) >= 11 is 0. The number of anilines is 2. The second-order valence-electron chi connectivity index (χ2n) is 10.2. The van der Waals surface area contributed by atoms with E-state index in [9.17, 15) is 19.2 Å². The van der Waals surface area contributed by atoms with Crippen molar-refractivity contribution >= 4 is 32.9 Å². The fraction of sp³-hybridized carbons (Fsp3) is 0. The molecule has 2 aromatic heterocycles. The van der Waals surface area contributed by atoms with Gasteiger partial charge in [-0.2, -0.15) is 0 Å². The van der Waals surface area contributed by atoms with Crippen LogP contribution in [-0.2, 0) is 0 Å². The maximum Gasteiger partial charge on any atom is 0.266 e. The molecule has 0 aliphatic rings. The average molecular weight is 583 g/mol. The third-order valence-corrected chi connectivity index (χ3v) is 7.31. The molecule has 0 spiro atoms. The van der Waals surface area contributed by atoms with Crippen LogP contribution >= 0.6 is 0 Å². The van der Waals surface area contributed by atoms with Crippen LogP contribution in [0.25, 0.3) is 32.9 Å². The molecule has 0 fully saturated rings. The molecule has 0 bridgehead atoms. The topological polar surface area (TPSA) is 149 Å². The molecule has 0 saturated carbocycles. The Hall–Kier alpha value is -6.42. The van der Waals surface area contributed by atoms with Gasteiger partial charge < -0.3 is 20.9 Å². The van der Waals surface area contributed by atoms with Gasteiger partial charge >= 0.3 is 0 Å². The van der Waals surface area contributed by atoms with Crippen molar-refractivity contribution in [2.24, 2.45) is 0 Å². The lowest BCUT2D eigenvalue weighted by atomic mass is 10.1. The van der Waals surface area contributed by atoms with Gasteiger partial charge in [0.1, 0.15) is 23.0 Å².